The van der Waals surface area contributed by atoms with Crippen molar-refractivity contribution in [3.63, 3.8) is 0 Å². The number of carbonyl (C=O) groups excluding carboxylic acids is 1. The van der Waals surface area contributed by atoms with E-state index in [0.29, 0.717) is 111 Å². The molecule has 0 amide bonds. The highest BCUT2D eigenvalue weighted by molar-refractivity contribution is 6.17. The number of anilines is 2. The van der Waals surface area contributed by atoms with Crippen molar-refractivity contribution in [2.45, 2.75) is 6.18 Å². The van der Waals surface area contributed by atoms with E-state index >= 15 is 0 Å². The van der Waals surface area contributed by atoms with Gasteiger partial charge in [-0.25, -0.2) is 4.79 Å². The van der Waals surface area contributed by atoms with Gasteiger partial charge in [-0.15, -0.1) is 11.6 Å². The van der Waals surface area contributed by atoms with Crippen LogP contribution in [0.1, 0.15) is 15.9 Å². The molecule has 15 heteroatoms. The van der Waals surface area contributed by atoms with Gasteiger partial charge in [-0.3, -0.25) is 0 Å². The first-order chi connectivity index (χ1) is 22.9. The maximum Gasteiger partial charge on any atom is 0.416 e. The molecule has 2 rings (SSSR count). The van der Waals surface area contributed by atoms with E-state index in [2.05, 4.69) is 5.32 Å². The van der Waals surface area contributed by atoms with Crippen LogP contribution in [0.2, 0.25) is 0 Å². The molecule has 0 radical (unpaired) electrons. The average Bonchev–Trinajstić information content (AvgIpc) is 3.06. The van der Waals surface area contributed by atoms with E-state index in [0.717, 1.165) is 12.1 Å². The van der Waals surface area contributed by atoms with Gasteiger partial charge in [0, 0.05) is 11.6 Å². The summed E-state index contributed by atoms with van der Waals surface area (Å²) >= 11 is 5.50. The van der Waals surface area contributed by atoms with Crippen molar-refractivity contribution < 1.29 is 60.6 Å². The molecule has 0 aromatic heterocycles. The van der Waals surface area contributed by atoms with Crippen LogP contribution in [0.3, 0.4) is 0 Å². The first-order valence-corrected chi connectivity index (χ1v) is 15.8. The summed E-state index contributed by atoms with van der Waals surface area (Å²) in [5.74, 6) is -0.149. The molecular formula is C32H45ClF3NO10. The molecule has 0 unspecified atom stereocenters. The molecule has 0 bridgehead atoms. The van der Waals surface area contributed by atoms with E-state index in [1.165, 1.54) is 18.2 Å². The molecule has 11 nitrogen and oxygen atoms in total. The minimum absolute atomic E-state index is 0.000966. The van der Waals surface area contributed by atoms with Crippen molar-refractivity contribution in [2.75, 3.05) is 124 Å². The maximum absolute atomic E-state index is 13.0. The van der Waals surface area contributed by atoms with Crippen molar-refractivity contribution >= 4 is 28.9 Å². The lowest BCUT2D eigenvalue weighted by Gasteiger charge is -2.13. The number of carbonyl (C=O) groups is 1. The van der Waals surface area contributed by atoms with Crippen LogP contribution in [0.5, 0.6) is 0 Å². The minimum atomic E-state index is -4.47. The quantitative estimate of drug-likeness (QED) is 0.0707. The molecule has 0 aliphatic carbocycles. The second-order valence-corrected chi connectivity index (χ2v) is 9.85. The van der Waals surface area contributed by atoms with Crippen LogP contribution in [0.25, 0.3) is 0 Å². The van der Waals surface area contributed by atoms with Crippen LogP contribution in [0.15, 0.2) is 48.5 Å². The SMILES string of the molecule is O=C(OCCOCCOCCOCCOCCOCCOCCOCCOCCCl)c1ccccc1Nc1cccc(C(F)(F)F)c1. The Bertz CT molecular complexity index is 1080. The van der Waals surface area contributed by atoms with Gasteiger partial charge in [-0.1, -0.05) is 18.2 Å². The van der Waals surface area contributed by atoms with Gasteiger partial charge in [-0.2, -0.15) is 13.2 Å². The molecule has 1 N–H and O–H groups in total. The Balaban J connectivity index is 1.37. The van der Waals surface area contributed by atoms with Gasteiger partial charge in [0.15, 0.2) is 0 Å². The summed E-state index contributed by atoms with van der Waals surface area (Å²) in [6, 6.07) is 11.1. The van der Waals surface area contributed by atoms with E-state index < -0.39 is 17.7 Å². The highest BCUT2D eigenvalue weighted by Crippen LogP contribution is 2.32. The predicted molar refractivity (Wildman–Crippen MR) is 169 cm³/mol. The van der Waals surface area contributed by atoms with Crippen LogP contribution in [0, 0.1) is 0 Å². The summed E-state index contributed by atoms with van der Waals surface area (Å²) in [7, 11) is 0. The first-order valence-electron chi connectivity index (χ1n) is 15.3. The Hall–Kier alpha value is -2.53. The summed E-state index contributed by atoms with van der Waals surface area (Å²) in [4.78, 5) is 12.6. The van der Waals surface area contributed by atoms with E-state index in [-0.39, 0.29) is 24.5 Å². The third kappa shape index (κ3) is 20.4. The number of rotatable bonds is 29. The van der Waals surface area contributed by atoms with Crippen LogP contribution in [-0.2, 0) is 48.8 Å². The molecule has 0 heterocycles. The number of esters is 1. The van der Waals surface area contributed by atoms with Gasteiger partial charge in [0.2, 0.25) is 0 Å². The van der Waals surface area contributed by atoms with Gasteiger partial charge in [-0.05, 0) is 30.3 Å². The van der Waals surface area contributed by atoms with Crippen molar-refractivity contribution in [2.24, 2.45) is 0 Å². The van der Waals surface area contributed by atoms with Crippen LogP contribution < -0.4 is 5.32 Å². The highest BCUT2D eigenvalue weighted by atomic mass is 35.5. The number of hydrogen-bond donors (Lipinski definition) is 1. The van der Waals surface area contributed by atoms with Gasteiger partial charge in [0.25, 0.3) is 0 Å². The second-order valence-electron chi connectivity index (χ2n) is 9.47. The Kier molecular flexibility index (Phi) is 22.9. The maximum atomic E-state index is 13.0. The zero-order valence-electron chi connectivity index (χ0n) is 26.4. The summed E-state index contributed by atoms with van der Waals surface area (Å²) in [5.41, 5.74) is -0.0862. The number of alkyl halides is 4. The lowest BCUT2D eigenvalue weighted by Crippen LogP contribution is -2.16. The lowest BCUT2D eigenvalue weighted by atomic mass is 10.1. The molecule has 0 aliphatic heterocycles. The molecule has 0 saturated carbocycles. The molecule has 0 fully saturated rings. The normalized spacial score (nSPS) is 11.6. The molecule has 2 aromatic carbocycles. The Morgan fingerprint density at radius 3 is 1.45 bits per heavy atom. The van der Waals surface area contributed by atoms with Gasteiger partial charge in [0.05, 0.1) is 123 Å². The molecule has 47 heavy (non-hydrogen) atoms. The fraction of sp³-hybridized carbons (Fsp3) is 0.594. The Morgan fingerprint density at radius 2 is 1.00 bits per heavy atom. The second kappa shape index (κ2) is 26.4. The number of ether oxygens (including phenoxy) is 9. The summed E-state index contributed by atoms with van der Waals surface area (Å²) in [6.45, 7) is 6.94. The number of hydrogen-bond acceptors (Lipinski definition) is 11. The molecule has 0 aliphatic rings. The minimum Gasteiger partial charge on any atom is -0.460 e. The average molecular weight is 696 g/mol. The molecule has 0 spiro atoms. The third-order valence-electron chi connectivity index (χ3n) is 5.90. The van der Waals surface area contributed by atoms with E-state index in [1.54, 1.807) is 18.2 Å². The standard InChI is InChI=1S/C32H45ClF3NO10/c33-8-9-39-10-11-40-12-13-41-14-15-42-16-17-43-18-19-44-20-21-45-22-23-46-24-25-47-31(38)29-6-1-2-7-30(29)37-28-5-3-4-27(26-28)32(34,35)36/h1-7,26,37H,8-25H2. The smallest absolute Gasteiger partial charge is 0.416 e. The van der Waals surface area contributed by atoms with Crippen LogP contribution in [-0.4, -0.2) is 124 Å². The first kappa shape index (κ1) is 40.6. The fourth-order valence-corrected chi connectivity index (χ4v) is 3.78. The third-order valence-corrected chi connectivity index (χ3v) is 6.06. The van der Waals surface area contributed by atoms with E-state index in [4.69, 9.17) is 54.2 Å². The van der Waals surface area contributed by atoms with Crippen molar-refractivity contribution in [3.8, 4) is 0 Å². The molecular weight excluding hydrogens is 651 g/mol. The van der Waals surface area contributed by atoms with E-state index in [1.807, 2.05) is 0 Å². The van der Waals surface area contributed by atoms with Crippen LogP contribution >= 0.6 is 11.6 Å². The zero-order chi connectivity index (χ0) is 33.8. The Morgan fingerprint density at radius 1 is 0.574 bits per heavy atom. The number of para-hydroxylation sites is 1. The largest absolute Gasteiger partial charge is 0.460 e. The summed E-state index contributed by atoms with van der Waals surface area (Å²) < 4.78 is 87.4. The van der Waals surface area contributed by atoms with Gasteiger partial charge >= 0.3 is 12.1 Å². The van der Waals surface area contributed by atoms with E-state index in [9.17, 15) is 18.0 Å². The molecule has 0 atom stereocenters. The van der Waals surface area contributed by atoms with Crippen molar-refractivity contribution in [1.82, 2.24) is 0 Å². The number of nitrogens with one attached hydrogen (secondary N) is 1. The zero-order valence-corrected chi connectivity index (χ0v) is 27.2. The van der Waals surface area contributed by atoms with Gasteiger partial charge in [0.1, 0.15) is 6.61 Å². The summed E-state index contributed by atoms with van der Waals surface area (Å²) in [5, 5.41) is 2.85. The van der Waals surface area contributed by atoms with Crippen molar-refractivity contribution in [1.29, 1.82) is 0 Å². The molecule has 0 saturated heterocycles. The lowest BCUT2D eigenvalue weighted by molar-refractivity contribution is -0.137. The predicted octanol–water partition coefficient (Wildman–Crippen LogP) is 4.98. The molecule has 2 aromatic rings. The van der Waals surface area contributed by atoms with Crippen molar-refractivity contribution in [3.05, 3.63) is 59.7 Å². The van der Waals surface area contributed by atoms with Crippen LogP contribution in [0.4, 0.5) is 24.5 Å². The highest BCUT2D eigenvalue weighted by Gasteiger charge is 2.30. The summed E-state index contributed by atoms with van der Waals surface area (Å²) in [6.07, 6.45) is -4.47. The van der Waals surface area contributed by atoms with Gasteiger partial charge < -0.3 is 47.9 Å². The fourth-order valence-electron chi connectivity index (χ4n) is 3.67. The molecule has 266 valence electrons. The number of halogens is 4. The Labute approximate surface area is 278 Å². The topological polar surface area (TPSA) is 112 Å². The number of benzene rings is 2. The monoisotopic (exact) mass is 695 g/mol.